The van der Waals surface area contributed by atoms with Gasteiger partial charge >= 0.3 is 5.97 Å². The Labute approximate surface area is 132 Å². The topological polar surface area (TPSA) is 93.5 Å². The minimum absolute atomic E-state index is 0.108. The van der Waals surface area contributed by atoms with Crippen molar-refractivity contribution in [1.29, 1.82) is 0 Å². The minimum Gasteiger partial charge on any atom is -0.463 e. The number of nitro groups is 1. The monoisotopic (exact) mass is 321 g/mol. The molecule has 0 fully saturated rings. The largest absolute Gasteiger partial charge is 0.463 e. The van der Waals surface area contributed by atoms with Crippen molar-refractivity contribution in [3.05, 3.63) is 45.5 Å². The molecule has 1 atom stereocenters. The van der Waals surface area contributed by atoms with Crippen molar-refractivity contribution in [3.63, 3.8) is 0 Å². The molecule has 1 aliphatic rings. The van der Waals surface area contributed by atoms with E-state index in [-0.39, 0.29) is 17.9 Å². The highest BCUT2D eigenvalue weighted by atomic mass is 32.1. The van der Waals surface area contributed by atoms with Crippen LogP contribution in [0, 0.1) is 10.1 Å². The molecular weight excluding hydrogens is 306 g/mol. The Morgan fingerprint density at radius 1 is 1.45 bits per heavy atom. The number of hydrogen-bond donors (Lipinski definition) is 2. The molecule has 2 rings (SSSR count). The molecule has 2 N–H and O–H groups in total. The highest BCUT2D eigenvalue weighted by Crippen LogP contribution is 2.29. The molecule has 116 valence electrons. The van der Waals surface area contributed by atoms with Gasteiger partial charge in [-0.05, 0) is 32.1 Å². The molecule has 0 saturated carbocycles. The molecule has 7 nitrogen and oxygen atoms in total. The minimum atomic E-state index is -0.536. The van der Waals surface area contributed by atoms with E-state index in [0.717, 1.165) is 0 Å². The molecule has 0 saturated heterocycles. The van der Waals surface area contributed by atoms with Crippen LogP contribution in [-0.2, 0) is 9.53 Å². The van der Waals surface area contributed by atoms with Crippen LogP contribution in [0.5, 0.6) is 0 Å². The maximum atomic E-state index is 12.2. The number of nitrogens with zero attached hydrogens (tertiary/aromatic N) is 1. The van der Waals surface area contributed by atoms with E-state index < -0.39 is 16.9 Å². The summed E-state index contributed by atoms with van der Waals surface area (Å²) in [5.41, 5.74) is 0.779. The number of hydrogen-bond acceptors (Lipinski definition) is 5. The van der Waals surface area contributed by atoms with Gasteiger partial charge in [0, 0.05) is 6.07 Å². The van der Waals surface area contributed by atoms with Gasteiger partial charge in [-0.1, -0.05) is 12.1 Å². The molecule has 1 aromatic rings. The second-order valence-corrected chi connectivity index (χ2v) is 5.01. The van der Waals surface area contributed by atoms with Gasteiger partial charge in [0.15, 0.2) is 5.11 Å². The molecule has 8 heteroatoms. The summed E-state index contributed by atoms with van der Waals surface area (Å²) in [5, 5.41) is 17.3. The Kier molecular flexibility index (Phi) is 4.71. The number of ether oxygens (including phenoxy) is 1. The number of esters is 1. The average Bonchev–Trinajstić information content (AvgIpc) is 2.46. The Morgan fingerprint density at radius 3 is 2.77 bits per heavy atom. The fourth-order valence-corrected chi connectivity index (χ4v) is 2.53. The van der Waals surface area contributed by atoms with Crippen molar-refractivity contribution in [2.24, 2.45) is 0 Å². The van der Waals surface area contributed by atoms with Gasteiger partial charge in [-0.3, -0.25) is 10.1 Å². The Hall–Kier alpha value is -2.48. The lowest BCUT2D eigenvalue weighted by atomic mass is 9.98. The van der Waals surface area contributed by atoms with Crippen LogP contribution in [0.3, 0.4) is 0 Å². The molecule has 0 aliphatic carbocycles. The van der Waals surface area contributed by atoms with Gasteiger partial charge in [0.25, 0.3) is 5.69 Å². The summed E-state index contributed by atoms with van der Waals surface area (Å²) >= 11 is 5.09. The lowest BCUT2D eigenvalue weighted by molar-refractivity contribution is -0.385. The van der Waals surface area contributed by atoms with Crippen molar-refractivity contribution in [2.75, 3.05) is 6.61 Å². The number of thiocarbonyl (C=S) groups is 1. The normalized spacial score (nSPS) is 17.5. The second kappa shape index (κ2) is 6.52. The molecule has 0 spiro atoms. The van der Waals surface area contributed by atoms with E-state index in [1.165, 1.54) is 6.07 Å². The van der Waals surface area contributed by atoms with Gasteiger partial charge in [0.05, 0.1) is 34.4 Å². The molecule has 1 heterocycles. The zero-order chi connectivity index (χ0) is 16.3. The van der Waals surface area contributed by atoms with E-state index in [2.05, 4.69) is 10.6 Å². The second-order valence-electron chi connectivity index (χ2n) is 4.60. The quantitative estimate of drug-likeness (QED) is 0.377. The predicted octanol–water partition coefficient (Wildman–Crippen LogP) is 1.74. The van der Waals surface area contributed by atoms with Crippen LogP contribution in [0.25, 0.3) is 5.70 Å². The molecule has 0 radical (unpaired) electrons. The first kappa shape index (κ1) is 15.9. The highest BCUT2D eigenvalue weighted by molar-refractivity contribution is 7.80. The first-order valence-corrected chi connectivity index (χ1v) is 7.09. The fourth-order valence-electron chi connectivity index (χ4n) is 2.25. The maximum absolute atomic E-state index is 12.2. The molecule has 22 heavy (non-hydrogen) atoms. The Balaban J connectivity index is 2.65. The third-order valence-electron chi connectivity index (χ3n) is 3.15. The van der Waals surface area contributed by atoms with Crippen LogP contribution in [0.15, 0.2) is 29.8 Å². The van der Waals surface area contributed by atoms with Crippen molar-refractivity contribution >= 4 is 34.7 Å². The van der Waals surface area contributed by atoms with Crippen LogP contribution in [-0.4, -0.2) is 28.7 Å². The summed E-state index contributed by atoms with van der Waals surface area (Å²) in [5.74, 6) is -0.536. The third kappa shape index (κ3) is 3.06. The molecule has 0 bridgehead atoms. The molecular formula is C14H15N3O4S. The number of nitro benzene ring substituents is 1. The van der Waals surface area contributed by atoms with E-state index >= 15 is 0 Å². The number of nitrogens with one attached hydrogen (secondary N) is 2. The summed E-state index contributed by atoms with van der Waals surface area (Å²) in [6, 6.07) is 5.76. The summed E-state index contributed by atoms with van der Waals surface area (Å²) in [7, 11) is 0. The van der Waals surface area contributed by atoms with Crippen LogP contribution in [0.4, 0.5) is 5.69 Å². The van der Waals surface area contributed by atoms with Crippen molar-refractivity contribution in [1.82, 2.24) is 10.6 Å². The Morgan fingerprint density at radius 2 is 2.14 bits per heavy atom. The zero-order valence-electron chi connectivity index (χ0n) is 12.1. The SMILES string of the molecule is CCOC(=O)C1=C(c2ccccc2[N+](=O)[O-])NC(=S)NC1C. The van der Waals surface area contributed by atoms with Crippen molar-refractivity contribution in [2.45, 2.75) is 19.9 Å². The first-order chi connectivity index (χ1) is 10.5. The molecule has 0 amide bonds. The number of carbonyl (C=O) groups is 1. The summed E-state index contributed by atoms with van der Waals surface area (Å²) in [4.78, 5) is 22.9. The van der Waals surface area contributed by atoms with E-state index in [1.807, 2.05) is 0 Å². The summed E-state index contributed by atoms with van der Waals surface area (Å²) in [6.45, 7) is 3.65. The Bertz CT molecular complexity index is 672. The van der Waals surface area contributed by atoms with Gasteiger partial charge < -0.3 is 15.4 Å². The molecule has 1 aliphatic heterocycles. The number of rotatable bonds is 4. The van der Waals surface area contributed by atoms with E-state index in [0.29, 0.717) is 16.4 Å². The number of carbonyl (C=O) groups excluding carboxylic acids is 1. The van der Waals surface area contributed by atoms with Gasteiger partial charge in [-0.15, -0.1) is 0 Å². The lowest BCUT2D eigenvalue weighted by Crippen LogP contribution is -2.48. The van der Waals surface area contributed by atoms with Crippen LogP contribution >= 0.6 is 12.2 Å². The number of para-hydroxylation sites is 1. The van der Waals surface area contributed by atoms with Gasteiger partial charge in [-0.25, -0.2) is 4.79 Å². The first-order valence-electron chi connectivity index (χ1n) is 6.68. The molecule has 1 unspecified atom stereocenters. The summed E-state index contributed by atoms with van der Waals surface area (Å²) < 4.78 is 5.05. The predicted molar refractivity (Wildman–Crippen MR) is 85.0 cm³/mol. The maximum Gasteiger partial charge on any atom is 0.338 e. The highest BCUT2D eigenvalue weighted by Gasteiger charge is 2.31. The van der Waals surface area contributed by atoms with Gasteiger partial charge in [-0.2, -0.15) is 0 Å². The fraction of sp³-hybridized carbons (Fsp3) is 0.286. The summed E-state index contributed by atoms with van der Waals surface area (Å²) in [6.07, 6.45) is 0. The van der Waals surface area contributed by atoms with E-state index in [9.17, 15) is 14.9 Å². The van der Waals surface area contributed by atoms with Crippen molar-refractivity contribution < 1.29 is 14.5 Å². The van der Waals surface area contributed by atoms with Gasteiger partial charge in [0.2, 0.25) is 0 Å². The molecule has 0 aromatic heterocycles. The lowest BCUT2D eigenvalue weighted by Gasteiger charge is -2.28. The molecule has 1 aromatic carbocycles. The smallest absolute Gasteiger partial charge is 0.338 e. The van der Waals surface area contributed by atoms with E-state index in [1.54, 1.807) is 32.0 Å². The zero-order valence-corrected chi connectivity index (χ0v) is 12.9. The average molecular weight is 321 g/mol. The van der Waals surface area contributed by atoms with Gasteiger partial charge in [0.1, 0.15) is 0 Å². The van der Waals surface area contributed by atoms with E-state index in [4.69, 9.17) is 17.0 Å². The van der Waals surface area contributed by atoms with Crippen LogP contribution in [0.2, 0.25) is 0 Å². The van der Waals surface area contributed by atoms with Crippen LogP contribution in [0.1, 0.15) is 19.4 Å². The van der Waals surface area contributed by atoms with Crippen molar-refractivity contribution in [3.8, 4) is 0 Å². The number of benzene rings is 1. The third-order valence-corrected chi connectivity index (χ3v) is 3.37. The standard InChI is InChI=1S/C14H15N3O4S/c1-3-21-13(18)11-8(2)15-14(22)16-12(11)9-6-4-5-7-10(9)17(19)20/h4-8H,3H2,1-2H3,(H2,15,16,22). The van der Waals surface area contributed by atoms with Crippen LogP contribution < -0.4 is 10.6 Å².